The summed E-state index contributed by atoms with van der Waals surface area (Å²) in [5.41, 5.74) is 1.57. The van der Waals surface area contributed by atoms with Gasteiger partial charge in [0.2, 0.25) is 0 Å². The molecule has 0 aromatic carbocycles. The molecule has 0 radical (unpaired) electrons. The summed E-state index contributed by atoms with van der Waals surface area (Å²) >= 11 is 0. The van der Waals surface area contributed by atoms with E-state index in [1.54, 1.807) is 0 Å². The highest BCUT2D eigenvalue weighted by atomic mass is 16.3. The van der Waals surface area contributed by atoms with Crippen LogP contribution in [0.1, 0.15) is 45.4 Å². The molecule has 0 saturated carbocycles. The van der Waals surface area contributed by atoms with Crippen molar-refractivity contribution in [3.8, 4) is 0 Å². The first-order chi connectivity index (χ1) is 7.43. The van der Waals surface area contributed by atoms with E-state index in [1.807, 2.05) is 19.2 Å². The standard InChI is InChI=1S/C14H23NO/c1-5-12-6-7-13(15-10-12)9-14(4,16)8-11(2)3/h6-7,10-11,16H,5,8-9H2,1-4H3. The van der Waals surface area contributed by atoms with Crippen LogP contribution in [0, 0.1) is 5.92 Å². The van der Waals surface area contributed by atoms with Crippen LogP contribution in [0.2, 0.25) is 0 Å². The minimum Gasteiger partial charge on any atom is -0.390 e. The third-order valence-electron chi connectivity index (χ3n) is 2.70. The van der Waals surface area contributed by atoms with Crippen molar-refractivity contribution in [1.29, 1.82) is 0 Å². The minimum absolute atomic E-state index is 0.505. The maximum Gasteiger partial charge on any atom is 0.0677 e. The van der Waals surface area contributed by atoms with Crippen molar-refractivity contribution in [3.63, 3.8) is 0 Å². The summed E-state index contributed by atoms with van der Waals surface area (Å²) in [7, 11) is 0. The molecule has 0 amide bonds. The van der Waals surface area contributed by atoms with E-state index in [-0.39, 0.29) is 0 Å². The van der Waals surface area contributed by atoms with Crippen LogP contribution in [0.4, 0.5) is 0 Å². The number of pyridine rings is 1. The molecule has 2 heteroatoms. The van der Waals surface area contributed by atoms with Gasteiger partial charge in [-0.15, -0.1) is 0 Å². The van der Waals surface area contributed by atoms with E-state index in [4.69, 9.17) is 0 Å². The van der Waals surface area contributed by atoms with Crippen LogP contribution < -0.4 is 0 Å². The molecule has 0 saturated heterocycles. The molecule has 0 aliphatic heterocycles. The summed E-state index contributed by atoms with van der Waals surface area (Å²) < 4.78 is 0. The highest BCUT2D eigenvalue weighted by Crippen LogP contribution is 2.20. The lowest BCUT2D eigenvalue weighted by Crippen LogP contribution is -2.29. The van der Waals surface area contributed by atoms with Crippen LogP contribution in [-0.2, 0) is 12.8 Å². The lowest BCUT2D eigenvalue weighted by Gasteiger charge is -2.24. The van der Waals surface area contributed by atoms with Gasteiger partial charge in [-0.25, -0.2) is 0 Å². The van der Waals surface area contributed by atoms with E-state index in [0.717, 1.165) is 18.5 Å². The Kier molecular flexibility index (Phi) is 4.48. The van der Waals surface area contributed by atoms with Crippen molar-refractivity contribution >= 4 is 0 Å². The molecule has 90 valence electrons. The van der Waals surface area contributed by atoms with Gasteiger partial charge in [0.25, 0.3) is 0 Å². The number of aliphatic hydroxyl groups is 1. The summed E-state index contributed by atoms with van der Waals surface area (Å²) in [6.07, 6.45) is 4.36. The Hall–Kier alpha value is -0.890. The van der Waals surface area contributed by atoms with Crippen LogP contribution in [0.3, 0.4) is 0 Å². The summed E-state index contributed by atoms with van der Waals surface area (Å²) in [6, 6.07) is 4.11. The second-order valence-corrected chi connectivity index (χ2v) is 5.28. The number of aromatic nitrogens is 1. The Bertz CT molecular complexity index is 314. The summed E-state index contributed by atoms with van der Waals surface area (Å²) in [4.78, 5) is 4.38. The van der Waals surface area contributed by atoms with Gasteiger partial charge in [-0.2, -0.15) is 0 Å². The number of hydrogen-bond acceptors (Lipinski definition) is 2. The lowest BCUT2D eigenvalue weighted by molar-refractivity contribution is 0.0379. The second-order valence-electron chi connectivity index (χ2n) is 5.28. The molecule has 0 fully saturated rings. The molecule has 1 N–H and O–H groups in total. The van der Waals surface area contributed by atoms with Gasteiger partial charge in [0, 0.05) is 18.3 Å². The average molecular weight is 221 g/mol. The molecular formula is C14H23NO. The lowest BCUT2D eigenvalue weighted by atomic mass is 9.90. The fraction of sp³-hybridized carbons (Fsp3) is 0.643. The van der Waals surface area contributed by atoms with Gasteiger partial charge in [0.1, 0.15) is 0 Å². The monoisotopic (exact) mass is 221 g/mol. The first-order valence-electron chi connectivity index (χ1n) is 6.09. The predicted octanol–water partition coefficient (Wildman–Crippen LogP) is 2.98. The fourth-order valence-electron chi connectivity index (χ4n) is 2.11. The van der Waals surface area contributed by atoms with E-state index >= 15 is 0 Å². The van der Waals surface area contributed by atoms with E-state index in [0.29, 0.717) is 12.3 Å². The predicted molar refractivity (Wildman–Crippen MR) is 67.4 cm³/mol. The SMILES string of the molecule is CCc1ccc(CC(C)(O)CC(C)C)nc1. The Labute approximate surface area is 98.7 Å². The first kappa shape index (κ1) is 13.2. The largest absolute Gasteiger partial charge is 0.390 e. The fourth-order valence-corrected chi connectivity index (χ4v) is 2.11. The third-order valence-corrected chi connectivity index (χ3v) is 2.70. The molecule has 2 nitrogen and oxygen atoms in total. The Morgan fingerprint density at radius 1 is 1.38 bits per heavy atom. The summed E-state index contributed by atoms with van der Waals surface area (Å²) in [6.45, 7) is 8.26. The van der Waals surface area contributed by atoms with Crippen LogP contribution in [0.25, 0.3) is 0 Å². The van der Waals surface area contributed by atoms with Crippen molar-refractivity contribution in [2.45, 2.75) is 52.6 Å². The molecule has 1 aromatic rings. The molecule has 1 heterocycles. The maximum atomic E-state index is 10.2. The molecule has 1 aromatic heterocycles. The van der Waals surface area contributed by atoms with Crippen molar-refractivity contribution in [2.24, 2.45) is 5.92 Å². The van der Waals surface area contributed by atoms with Gasteiger partial charge in [-0.1, -0.05) is 26.8 Å². The third kappa shape index (κ3) is 4.31. The van der Waals surface area contributed by atoms with Gasteiger partial charge in [-0.3, -0.25) is 4.98 Å². The van der Waals surface area contributed by atoms with E-state index in [9.17, 15) is 5.11 Å². The highest BCUT2D eigenvalue weighted by Gasteiger charge is 2.22. The minimum atomic E-state index is -0.644. The van der Waals surface area contributed by atoms with Gasteiger partial charge in [-0.05, 0) is 37.3 Å². The van der Waals surface area contributed by atoms with Crippen LogP contribution in [0.15, 0.2) is 18.3 Å². The molecule has 0 bridgehead atoms. The van der Waals surface area contributed by atoms with Crippen LogP contribution in [-0.4, -0.2) is 15.7 Å². The highest BCUT2D eigenvalue weighted by molar-refractivity contribution is 5.15. The molecular weight excluding hydrogens is 198 g/mol. The number of nitrogens with zero attached hydrogens (tertiary/aromatic N) is 1. The number of aryl methyl sites for hydroxylation is 1. The average Bonchev–Trinajstić information content (AvgIpc) is 2.16. The van der Waals surface area contributed by atoms with E-state index < -0.39 is 5.60 Å². The topological polar surface area (TPSA) is 33.1 Å². The molecule has 1 atom stereocenters. The Morgan fingerprint density at radius 2 is 2.06 bits per heavy atom. The molecule has 0 spiro atoms. The van der Waals surface area contributed by atoms with E-state index in [1.165, 1.54) is 5.56 Å². The quantitative estimate of drug-likeness (QED) is 0.829. The maximum absolute atomic E-state index is 10.2. The Balaban J connectivity index is 2.64. The van der Waals surface area contributed by atoms with Gasteiger partial charge in [0.05, 0.1) is 5.60 Å². The van der Waals surface area contributed by atoms with Crippen LogP contribution >= 0.6 is 0 Å². The zero-order chi connectivity index (χ0) is 12.2. The molecule has 16 heavy (non-hydrogen) atoms. The van der Waals surface area contributed by atoms with Crippen molar-refractivity contribution in [2.75, 3.05) is 0 Å². The molecule has 0 aliphatic carbocycles. The molecule has 0 aliphatic rings. The number of rotatable bonds is 5. The van der Waals surface area contributed by atoms with Gasteiger partial charge in [0.15, 0.2) is 0 Å². The first-order valence-corrected chi connectivity index (χ1v) is 6.09. The van der Waals surface area contributed by atoms with E-state index in [2.05, 4.69) is 31.8 Å². The van der Waals surface area contributed by atoms with Gasteiger partial charge < -0.3 is 5.11 Å². The zero-order valence-corrected chi connectivity index (χ0v) is 10.8. The van der Waals surface area contributed by atoms with Crippen molar-refractivity contribution in [1.82, 2.24) is 4.98 Å². The smallest absolute Gasteiger partial charge is 0.0677 e. The Morgan fingerprint density at radius 3 is 2.50 bits per heavy atom. The second kappa shape index (κ2) is 5.44. The van der Waals surface area contributed by atoms with Gasteiger partial charge >= 0.3 is 0 Å². The number of hydrogen-bond donors (Lipinski definition) is 1. The normalized spacial score (nSPS) is 15.1. The summed E-state index contributed by atoms with van der Waals surface area (Å²) in [5, 5.41) is 10.2. The van der Waals surface area contributed by atoms with Crippen molar-refractivity contribution < 1.29 is 5.11 Å². The van der Waals surface area contributed by atoms with Crippen molar-refractivity contribution in [3.05, 3.63) is 29.6 Å². The molecule has 1 rings (SSSR count). The summed E-state index contributed by atoms with van der Waals surface area (Å²) in [5.74, 6) is 0.505. The van der Waals surface area contributed by atoms with Crippen LogP contribution in [0.5, 0.6) is 0 Å². The zero-order valence-electron chi connectivity index (χ0n) is 10.8. The molecule has 1 unspecified atom stereocenters.